The Balaban J connectivity index is 2.21. The first-order chi connectivity index (χ1) is 7.86. The molecule has 0 bridgehead atoms. The Morgan fingerprint density at radius 3 is 2.44 bits per heavy atom. The van der Waals surface area contributed by atoms with Crippen LogP contribution in [0.5, 0.6) is 5.75 Å². The number of nitrogens with one attached hydrogen (secondary N) is 1. The van der Waals surface area contributed by atoms with Crippen LogP contribution in [0, 0.1) is 0 Å². The first-order valence-corrected chi connectivity index (χ1v) is 6.29. The van der Waals surface area contributed by atoms with Gasteiger partial charge in [-0.3, -0.25) is 0 Å². The van der Waals surface area contributed by atoms with Crippen LogP contribution in [0.25, 0.3) is 0 Å². The summed E-state index contributed by atoms with van der Waals surface area (Å²) in [6.07, 6.45) is 3.67. The van der Waals surface area contributed by atoms with Crippen LogP contribution in [0.2, 0.25) is 0 Å². The topological polar surface area (TPSA) is 21.3 Å². The normalized spacial score (nSPS) is 10.4. The van der Waals surface area contributed by atoms with Gasteiger partial charge in [0.2, 0.25) is 0 Å². The van der Waals surface area contributed by atoms with E-state index in [4.69, 9.17) is 4.74 Å². The molecule has 2 heteroatoms. The van der Waals surface area contributed by atoms with Gasteiger partial charge in [-0.2, -0.15) is 0 Å². The molecule has 16 heavy (non-hydrogen) atoms. The van der Waals surface area contributed by atoms with Crippen molar-refractivity contribution >= 4 is 0 Å². The summed E-state index contributed by atoms with van der Waals surface area (Å²) in [4.78, 5) is 0. The van der Waals surface area contributed by atoms with Crippen molar-refractivity contribution in [2.45, 2.75) is 33.1 Å². The maximum Gasteiger partial charge on any atom is 0.119 e. The highest BCUT2D eigenvalue weighted by Crippen LogP contribution is 2.13. The smallest absolute Gasteiger partial charge is 0.119 e. The first-order valence-electron chi connectivity index (χ1n) is 6.29. The molecule has 0 aliphatic carbocycles. The molecule has 0 unspecified atom stereocenters. The third-order valence-corrected chi connectivity index (χ3v) is 2.55. The van der Waals surface area contributed by atoms with Crippen LogP contribution in [0.4, 0.5) is 0 Å². The van der Waals surface area contributed by atoms with E-state index in [9.17, 15) is 0 Å². The first kappa shape index (κ1) is 13.0. The number of ether oxygens (including phenoxy) is 1. The van der Waals surface area contributed by atoms with E-state index >= 15 is 0 Å². The zero-order chi connectivity index (χ0) is 11.6. The summed E-state index contributed by atoms with van der Waals surface area (Å²) in [5, 5.41) is 3.34. The number of hydrogen-bond acceptors (Lipinski definition) is 2. The minimum atomic E-state index is 0.738. The lowest BCUT2D eigenvalue weighted by Crippen LogP contribution is -2.13. The number of benzene rings is 1. The van der Waals surface area contributed by atoms with Gasteiger partial charge in [0, 0.05) is 0 Å². The Morgan fingerprint density at radius 2 is 1.81 bits per heavy atom. The van der Waals surface area contributed by atoms with Gasteiger partial charge in [0.1, 0.15) is 5.75 Å². The van der Waals surface area contributed by atoms with Crippen LogP contribution in [-0.2, 0) is 6.42 Å². The number of unbranched alkanes of at least 4 members (excludes halogenated alkanes) is 1. The largest absolute Gasteiger partial charge is 0.494 e. The van der Waals surface area contributed by atoms with Crippen molar-refractivity contribution in [1.82, 2.24) is 5.32 Å². The van der Waals surface area contributed by atoms with Crippen molar-refractivity contribution in [2.24, 2.45) is 0 Å². The van der Waals surface area contributed by atoms with Gasteiger partial charge in [0.25, 0.3) is 0 Å². The monoisotopic (exact) mass is 221 g/mol. The average molecular weight is 221 g/mol. The minimum absolute atomic E-state index is 0.738. The van der Waals surface area contributed by atoms with Gasteiger partial charge in [-0.15, -0.1) is 0 Å². The molecule has 0 saturated heterocycles. The molecule has 0 spiro atoms. The SMILES string of the molecule is CCNCCCCc1ccc(OCC)cc1. The van der Waals surface area contributed by atoms with Crippen molar-refractivity contribution in [1.29, 1.82) is 0 Å². The Labute approximate surface area is 99.0 Å². The maximum atomic E-state index is 5.41. The fourth-order valence-electron chi connectivity index (χ4n) is 1.67. The van der Waals surface area contributed by atoms with E-state index in [-0.39, 0.29) is 0 Å². The summed E-state index contributed by atoms with van der Waals surface area (Å²) < 4.78 is 5.41. The summed E-state index contributed by atoms with van der Waals surface area (Å²) in [6.45, 7) is 7.10. The predicted octanol–water partition coefficient (Wildman–Crippen LogP) is 3.02. The van der Waals surface area contributed by atoms with E-state index in [0.717, 1.165) is 31.9 Å². The van der Waals surface area contributed by atoms with Gasteiger partial charge in [-0.05, 0) is 57.0 Å². The molecule has 0 radical (unpaired) electrons. The van der Waals surface area contributed by atoms with Crippen LogP contribution in [-0.4, -0.2) is 19.7 Å². The van der Waals surface area contributed by atoms with Gasteiger partial charge < -0.3 is 10.1 Å². The van der Waals surface area contributed by atoms with Crippen molar-refractivity contribution < 1.29 is 4.74 Å². The van der Waals surface area contributed by atoms with Crippen LogP contribution in [0.3, 0.4) is 0 Å². The Bertz CT molecular complexity index is 269. The van der Waals surface area contributed by atoms with Crippen LogP contribution in [0.1, 0.15) is 32.3 Å². The van der Waals surface area contributed by atoms with Crippen molar-refractivity contribution in [3.63, 3.8) is 0 Å². The second kappa shape index (κ2) is 8.17. The Kier molecular flexibility index (Phi) is 6.66. The molecule has 1 rings (SSSR count). The number of hydrogen-bond donors (Lipinski definition) is 1. The summed E-state index contributed by atoms with van der Waals surface area (Å²) in [5.41, 5.74) is 1.40. The van der Waals surface area contributed by atoms with E-state index < -0.39 is 0 Å². The second-order valence-corrected chi connectivity index (χ2v) is 3.89. The van der Waals surface area contributed by atoms with E-state index in [0.29, 0.717) is 0 Å². The van der Waals surface area contributed by atoms with Crippen molar-refractivity contribution in [2.75, 3.05) is 19.7 Å². The van der Waals surface area contributed by atoms with E-state index in [1.807, 2.05) is 6.92 Å². The van der Waals surface area contributed by atoms with Crippen LogP contribution < -0.4 is 10.1 Å². The molecule has 1 aromatic carbocycles. The molecule has 0 amide bonds. The second-order valence-electron chi connectivity index (χ2n) is 3.89. The van der Waals surface area contributed by atoms with Crippen LogP contribution >= 0.6 is 0 Å². The van der Waals surface area contributed by atoms with E-state index in [1.54, 1.807) is 0 Å². The summed E-state index contributed by atoms with van der Waals surface area (Å²) >= 11 is 0. The number of rotatable bonds is 8. The Morgan fingerprint density at radius 1 is 1.06 bits per heavy atom. The van der Waals surface area contributed by atoms with Crippen molar-refractivity contribution in [3.8, 4) is 5.75 Å². The lowest BCUT2D eigenvalue weighted by molar-refractivity contribution is 0.340. The fourth-order valence-corrected chi connectivity index (χ4v) is 1.67. The molecule has 0 atom stereocenters. The predicted molar refractivity (Wildman–Crippen MR) is 69.1 cm³/mol. The fraction of sp³-hybridized carbons (Fsp3) is 0.571. The van der Waals surface area contributed by atoms with E-state index in [2.05, 4.69) is 36.5 Å². The molecule has 1 N–H and O–H groups in total. The highest BCUT2D eigenvalue weighted by atomic mass is 16.5. The van der Waals surface area contributed by atoms with Gasteiger partial charge in [0.05, 0.1) is 6.61 Å². The lowest BCUT2D eigenvalue weighted by atomic mass is 10.1. The third-order valence-electron chi connectivity index (χ3n) is 2.55. The molecule has 1 aromatic rings. The molecule has 0 aliphatic heterocycles. The summed E-state index contributed by atoms with van der Waals surface area (Å²) in [5.74, 6) is 0.971. The molecule has 0 fully saturated rings. The molecule has 0 heterocycles. The molecular weight excluding hydrogens is 198 g/mol. The van der Waals surface area contributed by atoms with E-state index in [1.165, 1.54) is 18.4 Å². The summed E-state index contributed by atoms with van der Waals surface area (Å²) in [6, 6.07) is 8.45. The number of aryl methyl sites for hydroxylation is 1. The third kappa shape index (κ3) is 5.17. The van der Waals surface area contributed by atoms with Crippen LogP contribution in [0.15, 0.2) is 24.3 Å². The van der Waals surface area contributed by atoms with Gasteiger partial charge >= 0.3 is 0 Å². The molecule has 2 nitrogen and oxygen atoms in total. The zero-order valence-electron chi connectivity index (χ0n) is 10.5. The quantitative estimate of drug-likeness (QED) is 0.681. The molecule has 0 aromatic heterocycles. The molecular formula is C14H23NO. The molecule has 0 saturated carbocycles. The molecule has 90 valence electrons. The standard InChI is InChI=1S/C14H23NO/c1-3-15-12-6-5-7-13-8-10-14(11-9-13)16-4-2/h8-11,15H,3-7,12H2,1-2H3. The van der Waals surface area contributed by atoms with Gasteiger partial charge in [-0.25, -0.2) is 0 Å². The van der Waals surface area contributed by atoms with Gasteiger partial charge in [0.15, 0.2) is 0 Å². The highest BCUT2D eigenvalue weighted by Gasteiger charge is 1.95. The Hall–Kier alpha value is -1.02. The summed E-state index contributed by atoms with van der Waals surface area (Å²) in [7, 11) is 0. The maximum absolute atomic E-state index is 5.41. The van der Waals surface area contributed by atoms with Crippen molar-refractivity contribution in [3.05, 3.63) is 29.8 Å². The minimum Gasteiger partial charge on any atom is -0.494 e. The molecule has 0 aliphatic rings. The highest BCUT2D eigenvalue weighted by molar-refractivity contribution is 5.27. The lowest BCUT2D eigenvalue weighted by Gasteiger charge is -2.05. The average Bonchev–Trinajstić information content (AvgIpc) is 2.31. The van der Waals surface area contributed by atoms with Gasteiger partial charge in [-0.1, -0.05) is 19.1 Å². The zero-order valence-corrected chi connectivity index (χ0v) is 10.5.